The van der Waals surface area contributed by atoms with Gasteiger partial charge in [0.25, 0.3) is 0 Å². The van der Waals surface area contributed by atoms with E-state index in [1.807, 2.05) is 18.4 Å². The first kappa shape index (κ1) is 19.2. The summed E-state index contributed by atoms with van der Waals surface area (Å²) in [5, 5.41) is 5.86. The van der Waals surface area contributed by atoms with E-state index in [0.29, 0.717) is 5.69 Å². The highest BCUT2D eigenvalue weighted by Crippen LogP contribution is 2.31. The van der Waals surface area contributed by atoms with E-state index in [0.717, 1.165) is 23.4 Å². The Hall–Kier alpha value is -3.16. The van der Waals surface area contributed by atoms with Crippen molar-refractivity contribution in [2.24, 2.45) is 5.10 Å². The molecule has 0 heterocycles. The number of aryl methyl sites for hydroxylation is 2. The Kier molecular flexibility index (Phi) is 5.76. The molecule has 2 amide bonds. The minimum atomic E-state index is -4.55. The normalized spacial score (nSPS) is 11.4. The van der Waals surface area contributed by atoms with Gasteiger partial charge in [-0.15, -0.1) is 0 Å². The van der Waals surface area contributed by atoms with Gasteiger partial charge >= 0.3 is 18.0 Å². The number of carbonyl (C=O) groups excluding carboxylic acids is 2. The number of anilines is 1. The van der Waals surface area contributed by atoms with Gasteiger partial charge < -0.3 is 5.32 Å². The molecule has 136 valence electrons. The van der Waals surface area contributed by atoms with Crippen LogP contribution in [0.2, 0.25) is 0 Å². The molecular formula is C18H16F3N3O2. The molecule has 26 heavy (non-hydrogen) atoms. The summed E-state index contributed by atoms with van der Waals surface area (Å²) in [6.07, 6.45) is -3.71. The molecule has 2 rings (SSSR count). The molecule has 0 aliphatic rings. The lowest BCUT2D eigenvalue weighted by Gasteiger charge is -2.09. The Morgan fingerprint density at radius 1 is 1.04 bits per heavy atom. The number of carbonyl (C=O) groups is 2. The van der Waals surface area contributed by atoms with Gasteiger partial charge in [0.2, 0.25) is 0 Å². The largest absolute Gasteiger partial charge is 0.417 e. The van der Waals surface area contributed by atoms with Crippen molar-refractivity contribution >= 4 is 23.7 Å². The maximum absolute atomic E-state index is 12.9. The Morgan fingerprint density at radius 2 is 1.73 bits per heavy atom. The molecular weight excluding hydrogens is 347 g/mol. The number of amides is 2. The van der Waals surface area contributed by atoms with Crippen LogP contribution in [-0.2, 0) is 15.8 Å². The van der Waals surface area contributed by atoms with Crippen LogP contribution in [-0.4, -0.2) is 18.0 Å². The van der Waals surface area contributed by atoms with E-state index < -0.39 is 23.6 Å². The van der Waals surface area contributed by atoms with Gasteiger partial charge in [-0.2, -0.15) is 18.3 Å². The highest BCUT2D eigenvalue weighted by atomic mass is 19.4. The third-order valence-electron chi connectivity index (χ3n) is 3.48. The van der Waals surface area contributed by atoms with Gasteiger partial charge in [-0.1, -0.05) is 30.3 Å². The van der Waals surface area contributed by atoms with Crippen LogP contribution >= 0.6 is 0 Å². The minimum absolute atomic E-state index is 0.227. The van der Waals surface area contributed by atoms with Crippen LogP contribution < -0.4 is 10.7 Å². The quantitative estimate of drug-likeness (QED) is 0.498. The molecule has 0 aliphatic carbocycles. The second-order valence-electron chi connectivity index (χ2n) is 5.56. The molecule has 0 bridgehead atoms. The molecule has 0 aliphatic heterocycles. The van der Waals surface area contributed by atoms with Crippen molar-refractivity contribution < 1.29 is 22.8 Å². The molecule has 2 aromatic carbocycles. The maximum atomic E-state index is 12.9. The number of nitrogens with zero attached hydrogens (tertiary/aromatic N) is 1. The van der Waals surface area contributed by atoms with Crippen LogP contribution in [0.4, 0.5) is 18.9 Å². The van der Waals surface area contributed by atoms with Crippen LogP contribution in [0.5, 0.6) is 0 Å². The van der Waals surface area contributed by atoms with E-state index in [1.165, 1.54) is 18.2 Å². The van der Waals surface area contributed by atoms with Crippen molar-refractivity contribution in [3.05, 3.63) is 64.7 Å². The van der Waals surface area contributed by atoms with Crippen LogP contribution in [0.25, 0.3) is 0 Å². The van der Waals surface area contributed by atoms with Crippen LogP contribution in [0.3, 0.4) is 0 Å². The summed E-state index contributed by atoms with van der Waals surface area (Å²) < 4.78 is 38.6. The van der Waals surface area contributed by atoms with E-state index in [1.54, 1.807) is 19.1 Å². The number of hydrogen-bond donors (Lipinski definition) is 2. The summed E-state index contributed by atoms with van der Waals surface area (Å²) in [5.74, 6) is -2.06. The molecule has 5 nitrogen and oxygen atoms in total. The lowest BCUT2D eigenvalue weighted by Crippen LogP contribution is -2.32. The fourth-order valence-electron chi connectivity index (χ4n) is 2.13. The number of halogens is 3. The number of hydrogen-bond acceptors (Lipinski definition) is 3. The maximum Gasteiger partial charge on any atom is 0.417 e. The highest BCUT2D eigenvalue weighted by molar-refractivity contribution is 6.39. The van der Waals surface area contributed by atoms with E-state index in [4.69, 9.17) is 0 Å². The fourth-order valence-corrected chi connectivity index (χ4v) is 2.13. The summed E-state index contributed by atoms with van der Waals surface area (Å²) in [6, 6.07) is 10.1. The van der Waals surface area contributed by atoms with Gasteiger partial charge in [0, 0.05) is 11.3 Å². The van der Waals surface area contributed by atoms with Crippen molar-refractivity contribution in [2.75, 3.05) is 5.32 Å². The van der Waals surface area contributed by atoms with Crippen LogP contribution in [0.15, 0.2) is 47.6 Å². The zero-order chi connectivity index (χ0) is 19.3. The third kappa shape index (κ3) is 4.92. The van der Waals surface area contributed by atoms with Crippen molar-refractivity contribution in [3.8, 4) is 0 Å². The number of rotatable bonds is 3. The molecule has 8 heteroatoms. The van der Waals surface area contributed by atoms with Gasteiger partial charge in [0.15, 0.2) is 0 Å². The molecule has 0 radical (unpaired) electrons. The highest BCUT2D eigenvalue weighted by Gasteiger charge is 2.32. The Morgan fingerprint density at radius 3 is 2.42 bits per heavy atom. The monoisotopic (exact) mass is 363 g/mol. The first-order valence-electron chi connectivity index (χ1n) is 7.56. The topological polar surface area (TPSA) is 70.6 Å². The van der Waals surface area contributed by atoms with Crippen molar-refractivity contribution in [1.29, 1.82) is 0 Å². The minimum Gasteiger partial charge on any atom is -0.317 e. The SMILES string of the molecule is Cc1ccc(C)c(NC(=O)C(=O)N/N=C/c2ccccc2C(F)(F)F)c1. The zero-order valence-electron chi connectivity index (χ0n) is 14.0. The van der Waals surface area contributed by atoms with Crippen molar-refractivity contribution in [3.63, 3.8) is 0 Å². The first-order chi connectivity index (χ1) is 12.2. The van der Waals surface area contributed by atoms with Gasteiger partial charge in [-0.3, -0.25) is 9.59 Å². The Bertz CT molecular complexity index is 861. The lowest BCUT2D eigenvalue weighted by molar-refractivity contribution is -0.137. The number of nitrogens with one attached hydrogen (secondary N) is 2. The van der Waals surface area contributed by atoms with Gasteiger partial charge in [0.1, 0.15) is 0 Å². The van der Waals surface area contributed by atoms with Gasteiger partial charge in [-0.05, 0) is 37.1 Å². The van der Waals surface area contributed by atoms with Crippen LogP contribution in [0, 0.1) is 13.8 Å². The first-order valence-corrected chi connectivity index (χ1v) is 7.56. The Labute approximate surface area is 147 Å². The average Bonchev–Trinajstić information content (AvgIpc) is 2.57. The number of hydrazone groups is 1. The van der Waals surface area contributed by atoms with Crippen molar-refractivity contribution in [1.82, 2.24) is 5.43 Å². The summed E-state index contributed by atoms with van der Waals surface area (Å²) >= 11 is 0. The van der Waals surface area contributed by atoms with E-state index in [-0.39, 0.29) is 5.56 Å². The molecule has 0 unspecified atom stereocenters. The molecule has 0 saturated heterocycles. The van der Waals surface area contributed by atoms with Gasteiger partial charge in [-0.25, -0.2) is 5.43 Å². The molecule has 0 spiro atoms. The van der Waals surface area contributed by atoms with E-state index in [9.17, 15) is 22.8 Å². The number of alkyl halides is 3. The van der Waals surface area contributed by atoms with Crippen LogP contribution in [0.1, 0.15) is 22.3 Å². The molecule has 0 saturated carbocycles. The summed E-state index contributed by atoms with van der Waals surface area (Å²) in [7, 11) is 0. The third-order valence-corrected chi connectivity index (χ3v) is 3.48. The summed E-state index contributed by atoms with van der Waals surface area (Å²) in [5.41, 5.74) is 2.93. The second kappa shape index (κ2) is 7.81. The van der Waals surface area contributed by atoms with E-state index >= 15 is 0 Å². The molecule has 2 aromatic rings. The molecule has 0 fully saturated rings. The predicted molar refractivity (Wildman–Crippen MR) is 91.7 cm³/mol. The standard InChI is InChI=1S/C18H16F3N3O2/c1-11-7-8-12(2)15(9-11)23-16(25)17(26)24-22-10-13-5-3-4-6-14(13)18(19,20)21/h3-10H,1-2H3,(H,23,25)(H,24,26)/b22-10+. The predicted octanol–water partition coefficient (Wildman–Crippen LogP) is 3.41. The fraction of sp³-hybridized carbons (Fsp3) is 0.167. The average molecular weight is 363 g/mol. The molecule has 0 aromatic heterocycles. The van der Waals surface area contributed by atoms with E-state index in [2.05, 4.69) is 10.4 Å². The number of benzene rings is 2. The zero-order valence-corrected chi connectivity index (χ0v) is 14.0. The Balaban J connectivity index is 2.04. The summed E-state index contributed by atoms with van der Waals surface area (Å²) in [6.45, 7) is 3.59. The van der Waals surface area contributed by atoms with Crippen molar-refractivity contribution in [2.45, 2.75) is 20.0 Å². The van der Waals surface area contributed by atoms with Gasteiger partial charge in [0.05, 0.1) is 11.8 Å². The molecule has 0 atom stereocenters. The smallest absolute Gasteiger partial charge is 0.317 e. The molecule has 2 N–H and O–H groups in total. The lowest BCUT2D eigenvalue weighted by atomic mass is 10.1. The second-order valence-corrected chi connectivity index (χ2v) is 5.56. The summed E-state index contributed by atoms with van der Waals surface area (Å²) in [4.78, 5) is 23.6.